The molecule has 0 heterocycles. The van der Waals surface area contributed by atoms with Crippen molar-refractivity contribution in [2.24, 2.45) is 5.92 Å². The molecule has 0 spiro atoms. The molecule has 0 aromatic rings. The van der Waals surface area contributed by atoms with Crippen molar-refractivity contribution < 1.29 is 0 Å². The van der Waals surface area contributed by atoms with E-state index < -0.39 is 0 Å². The van der Waals surface area contributed by atoms with Crippen LogP contribution >= 0.6 is 0 Å². The topological polar surface area (TPSA) is 12.0 Å². The SMILES string of the molecule is CCCCCCC(C)C(C)NC1CC1. The maximum atomic E-state index is 3.69. The average molecular weight is 197 g/mol. The Kier molecular flexibility index (Phi) is 5.54. The molecule has 0 aromatic heterocycles. The fraction of sp³-hybridized carbons (Fsp3) is 1.00. The number of nitrogens with one attached hydrogen (secondary N) is 1. The third kappa shape index (κ3) is 4.99. The van der Waals surface area contributed by atoms with Gasteiger partial charge in [-0.05, 0) is 32.1 Å². The van der Waals surface area contributed by atoms with Crippen LogP contribution in [0.2, 0.25) is 0 Å². The summed E-state index contributed by atoms with van der Waals surface area (Å²) in [6.45, 7) is 7.02. The molecular formula is C13H27N. The molecule has 0 amide bonds. The van der Waals surface area contributed by atoms with E-state index in [4.69, 9.17) is 0 Å². The normalized spacial score (nSPS) is 20.8. The fourth-order valence-corrected chi connectivity index (χ4v) is 1.93. The van der Waals surface area contributed by atoms with Crippen LogP contribution in [0.3, 0.4) is 0 Å². The first-order valence-electron chi connectivity index (χ1n) is 6.50. The quantitative estimate of drug-likeness (QED) is 0.585. The van der Waals surface area contributed by atoms with Gasteiger partial charge in [-0.3, -0.25) is 0 Å². The Hall–Kier alpha value is -0.0400. The summed E-state index contributed by atoms with van der Waals surface area (Å²) in [6, 6.07) is 1.59. The molecule has 0 bridgehead atoms. The molecule has 1 N–H and O–H groups in total. The number of hydrogen-bond donors (Lipinski definition) is 1. The van der Waals surface area contributed by atoms with Crippen LogP contribution in [0.5, 0.6) is 0 Å². The minimum atomic E-state index is 0.726. The lowest BCUT2D eigenvalue weighted by Crippen LogP contribution is -2.33. The van der Waals surface area contributed by atoms with Crippen LogP contribution in [0, 0.1) is 5.92 Å². The Bertz CT molecular complexity index is 140. The second-order valence-electron chi connectivity index (χ2n) is 5.06. The van der Waals surface area contributed by atoms with Crippen LogP contribution in [0.15, 0.2) is 0 Å². The zero-order chi connectivity index (χ0) is 10.4. The highest BCUT2D eigenvalue weighted by atomic mass is 15.0. The summed E-state index contributed by atoms with van der Waals surface area (Å²) in [4.78, 5) is 0. The lowest BCUT2D eigenvalue weighted by molar-refractivity contribution is 0.364. The zero-order valence-corrected chi connectivity index (χ0v) is 10.2. The third-order valence-electron chi connectivity index (χ3n) is 3.44. The van der Waals surface area contributed by atoms with Crippen molar-refractivity contribution in [3.8, 4) is 0 Å². The van der Waals surface area contributed by atoms with E-state index in [2.05, 4.69) is 26.1 Å². The van der Waals surface area contributed by atoms with Gasteiger partial charge in [-0.2, -0.15) is 0 Å². The van der Waals surface area contributed by atoms with Crippen LogP contribution in [0.1, 0.15) is 65.7 Å². The van der Waals surface area contributed by atoms with E-state index in [0.717, 1.165) is 18.0 Å². The number of unbranched alkanes of at least 4 members (excludes halogenated alkanes) is 3. The summed E-state index contributed by atoms with van der Waals surface area (Å²) < 4.78 is 0. The highest BCUT2D eigenvalue weighted by molar-refractivity contribution is 4.84. The van der Waals surface area contributed by atoms with E-state index in [9.17, 15) is 0 Å². The molecule has 0 aliphatic heterocycles. The number of rotatable bonds is 8. The lowest BCUT2D eigenvalue weighted by atomic mass is 9.96. The monoisotopic (exact) mass is 197 g/mol. The van der Waals surface area contributed by atoms with Gasteiger partial charge in [-0.15, -0.1) is 0 Å². The summed E-state index contributed by atoms with van der Waals surface area (Å²) >= 11 is 0. The molecule has 84 valence electrons. The van der Waals surface area contributed by atoms with Crippen molar-refractivity contribution in [2.75, 3.05) is 0 Å². The van der Waals surface area contributed by atoms with E-state index in [1.807, 2.05) is 0 Å². The van der Waals surface area contributed by atoms with Crippen molar-refractivity contribution in [1.29, 1.82) is 0 Å². The van der Waals surface area contributed by atoms with Crippen molar-refractivity contribution in [2.45, 2.75) is 77.8 Å². The highest BCUT2D eigenvalue weighted by Crippen LogP contribution is 2.22. The van der Waals surface area contributed by atoms with E-state index in [1.54, 1.807) is 0 Å². The van der Waals surface area contributed by atoms with Gasteiger partial charge in [0.25, 0.3) is 0 Å². The van der Waals surface area contributed by atoms with Crippen LogP contribution in [0.4, 0.5) is 0 Å². The molecule has 0 radical (unpaired) electrons. The second kappa shape index (κ2) is 6.44. The molecule has 1 heteroatoms. The van der Waals surface area contributed by atoms with Gasteiger partial charge in [0.1, 0.15) is 0 Å². The smallest absolute Gasteiger partial charge is 0.00708 e. The molecule has 14 heavy (non-hydrogen) atoms. The minimum absolute atomic E-state index is 0.726. The number of hydrogen-bond acceptors (Lipinski definition) is 1. The van der Waals surface area contributed by atoms with Gasteiger partial charge in [0.15, 0.2) is 0 Å². The van der Waals surface area contributed by atoms with E-state index in [-0.39, 0.29) is 0 Å². The first-order chi connectivity index (χ1) is 6.74. The van der Waals surface area contributed by atoms with Gasteiger partial charge >= 0.3 is 0 Å². The maximum absolute atomic E-state index is 3.69. The molecule has 1 rings (SSSR count). The van der Waals surface area contributed by atoms with Crippen LogP contribution in [-0.2, 0) is 0 Å². The third-order valence-corrected chi connectivity index (χ3v) is 3.44. The second-order valence-corrected chi connectivity index (χ2v) is 5.06. The molecule has 1 aliphatic carbocycles. The summed E-state index contributed by atoms with van der Waals surface area (Å²) in [5, 5.41) is 3.69. The Morgan fingerprint density at radius 1 is 1.14 bits per heavy atom. The summed E-state index contributed by atoms with van der Waals surface area (Å²) in [5.74, 6) is 0.854. The fourth-order valence-electron chi connectivity index (χ4n) is 1.93. The molecular weight excluding hydrogens is 170 g/mol. The maximum Gasteiger partial charge on any atom is 0.00708 e. The predicted molar refractivity (Wildman–Crippen MR) is 63.5 cm³/mol. The van der Waals surface area contributed by atoms with E-state index in [1.165, 1.54) is 44.9 Å². The zero-order valence-electron chi connectivity index (χ0n) is 10.2. The lowest BCUT2D eigenvalue weighted by Gasteiger charge is -2.21. The average Bonchev–Trinajstić information content (AvgIpc) is 2.96. The Labute approximate surface area is 89.7 Å². The largest absolute Gasteiger partial charge is 0.311 e. The van der Waals surface area contributed by atoms with Gasteiger partial charge in [0.05, 0.1) is 0 Å². The standard InChI is InChI=1S/C13H27N/c1-4-5-6-7-8-11(2)12(3)14-13-9-10-13/h11-14H,4-10H2,1-3H3. The molecule has 1 aliphatic rings. The van der Waals surface area contributed by atoms with Crippen molar-refractivity contribution >= 4 is 0 Å². The summed E-state index contributed by atoms with van der Waals surface area (Å²) in [6.07, 6.45) is 9.84. The first kappa shape index (κ1) is 12.0. The highest BCUT2D eigenvalue weighted by Gasteiger charge is 2.24. The van der Waals surface area contributed by atoms with Crippen LogP contribution in [-0.4, -0.2) is 12.1 Å². The van der Waals surface area contributed by atoms with Crippen LogP contribution in [0.25, 0.3) is 0 Å². The molecule has 2 unspecified atom stereocenters. The van der Waals surface area contributed by atoms with Crippen LogP contribution < -0.4 is 5.32 Å². The van der Waals surface area contributed by atoms with E-state index >= 15 is 0 Å². The van der Waals surface area contributed by atoms with Gasteiger partial charge < -0.3 is 5.32 Å². The van der Waals surface area contributed by atoms with Crippen molar-refractivity contribution in [3.63, 3.8) is 0 Å². The molecule has 1 fully saturated rings. The van der Waals surface area contributed by atoms with Gasteiger partial charge in [0, 0.05) is 12.1 Å². The molecule has 1 saturated carbocycles. The Morgan fingerprint density at radius 2 is 1.86 bits per heavy atom. The van der Waals surface area contributed by atoms with Crippen molar-refractivity contribution in [1.82, 2.24) is 5.32 Å². The summed E-state index contributed by atoms with van der Waals surface area (Å²) in [7, 11) is 0. The Morgan fingerprint density at radius 3 is 2.43 bits per heavy atom. The molecule has 2 atom stereocenters. The minimum Gasteiger partial charge on any atom is -0.311 e. The molecule has 1 nitrogen and oxygen atoms in total. The van der Waals surface area contributed by atoms with Gasteiger partial charge in [0.2, 0.25) is 0 Å². The van der Waals surface area contributed by atoms with E-state index in [0.29, 0.717) is 0 Å². The molecule has 0 aromatic carbocycles. The Balaban J connectivity index is 1.97. The van der Waals surface area contributed by atoms with Gasteiger partial charge in [-0.1, -0.05) is 39.5 Å². The predicted octanol–water partition coefficient (Wildman–Crippen LogP) is 3.73. The van der Waals surface area contributed by atoms with Gasteiger partial charge in [-0.25, -0.2) is 0 Å². The first-order valence-corrected chi connectivity index (χ1v) is 6.50. The summed E-state index contributed by atoms with van der Waals surface area (Å²) in [5.41, 5.74) is 0. The van der Waals surface area contributed by atoms with Crippen molar-refractivity contribution in [3.05, 3.63) is 0 Å². The molecule has 0 saturated heterocycles.